The topological polar surface area (TPSA) is 46.6 Å². The van der Waals surface area contributed by atoms with E-state index in [-0.39, 0.29) is 39.3 Å². The first kappa shape index (κ1) is 27.3. The Morgan fingerprint density at radius 1 is 0.971 bits per heavy atom. The van der Waals surface area contributed by atoms with Gasteiger partial charge >= 0.3 is 12.3 Å². The maximum atomic E-state index is 15.2. The van der Waals surface area contributed by atoms with Gasteiger partial charge in [-0.1, -0.05) is 59.1 Å². The third-order valence-corrected chi connectivity index (χ3v) is 6.29. The summed E-state index contributed by atoms with van der Waals surface area (Å²) in [6.45, 7) is 4.59. The SMILES string of the molecule is CC(C)(C)OC(=O)N1CC(F)(c2ccc(C(=O)C=C(c3cc(Cl)c(Cl)c(Cl)c3)C(F)(F)F)cc2)C1. The Morgan fingerprint density at radius 2 is 1.49 bits per heavy atom. The highest BCUT2D eigenvalue weighted by atomic mass is 35.5. The van der Waals surface area contributed by atoms with Crippen LogP contribution in [0, 0.1) is 0 Å². The van der Waals surface area contributed by atoms with E-state index >= 15 is 4.39 Å². The largest absolute Gasteiger partial charge is 0.444 e. The van der Waals surface area contributed by atoms with Crippen LogP contribution in [-0.2, 0) is 10.4 Å². The molecule has 0 N–H and O–H groups in total. The zero-order valence-corrected chi connectivity index (χ0v) is 21.0. The van der Waals surface area contributed by atoms with Crippen molar-refractivity contribution in [1.29, 1.82) is 0 Å². The summed E-state index contributed by atoms with van der Waals surface area (Å²) in [5.74, 6) is -0.956. The first-order valence-corrected chi connectivity index (χ1v) is 11.4. The smallest absolute Gasteiger partial charge is 0.417 e. The molecule has 1 aliphatic heterocycles. The number of likely N-dealkylation sites (tertiary alicyclic amines) is 1. The minimum atomic E-state index is -4.89. The molecule has 2 aromatic carbocycles. The molecule has 0 aromatic heterocycles. The molecule has 3 rings (SSSR count). The van der Waals surface area contributed by atoms with Crippen LogP contribution in [0.2, 0.25) is 15.1 Å². The summed E-state index contributed by atoms with van der Waals surface area (Å²) in [6, 6.07) is 6.98. The van der Waals surface area contributed by atoms with Crippen LogP contribution in [0.1, 0.15) is 42.3 Å². The number of rotatable bonds is 4. The molecule has 2 aromatic rings. The Morgan fingerprint density at radius 3 is 1.94 bits per heavy atom. The van der Waals surface area contributed by atoms with Gasteiger partial charge in [0.15, 0.2) is 11.5 Å². The number of carbonyl (C=O) groups excluding carboxylic acids is 2. The molecule has 1 fully saturated rings. The molecule has 0 spiro atoms. The molecule has 0 unspecified atom stereocenters. The normalized spacial score (nSPS) is 16.1. The van der Waals surface area contributed by atoms with Crippen molar-refractivity contribution in [2.75, 3.05) is 13.1 Å². The van der Waals surface area contributed by atoms with E-state index in [4.69, 9.17) is 39.5 Å². The van der Waals surface area contributed by atoms with Crippen LogP contribution in [0.25, 0.3) is 5.57 Å². The second-order valence-corrected chi connectivity index (χ2v) is 10.2. The average Bonchev–Trinajstić information content (AvgIpc) is 2.71. The molecule has 11 heteroatoms. The predicted molar refractivity (Wildman–Crippen MR) is 127 cm³/mol. The van der Waals surface area contributed by atoms with Crippen LogP contribution in [0.15, 0.2) is 42.5 Å². The van der Waals surface area contributed by atoms with Crippen molar-refractivity contribution >= 4 is 52.3 Å². The quantitative estimate of drug-likeness (QED) is 0.168. The van der Waals surface area contributed by atoms with Gasteiger partial charge < -0.3 is 9.64 Å². The van der Waals surface area contributed by atoms with Gasteiger partial charge in [0.05, 0.1) is 33.7 Å². The fraction of sp³-hybridized carbons (Fsp3) is 0.333. The third kappa shape index (κ3) is 6.29. The van der Waals surface area contributed by atoms with Gasteiger partial charge in [-0.05, 0) is 50.1 Å². The number of alkyl halides is 4. The van der Waals surface area contributed by atoms with Crippen LogP contribution >= 0.6 is 34.8 Å². The van der Waals surface area contributed by atoms with Crippen molar-refractivity contribution in [2.45, 2.75) is 38.2 Å². The Bertz CT molecular complexity index is 1160. The summed E-state index contributed by atoms with van der Waals surface area (Å²) >= 11 is 17.5. The summed E-state index contributed by atoms with van der Waals surface area (Å²) in [5, 5.41) is -0.507. The molecule has 0 saturated carbocycles. The first-order chi connectivity index (χ1) is 16.0. The predicted octanol–water partition coefficient (Wildman–Crippen LogP) is 7.89. The fourth-order valence-electron chi connectivity index (χ4n) is 3.38. The summed E-state index contributed by atoms with van der Waals surface area (Å²) in [6.07, 6.45) is -5.12. The zero-order chi connectivity index (χ0) is 26.3. The summed E-state index contributed by atoms with van der Waals surface area (Å²) < 4.78 is 61.5. The van der Waals surface area contributed by atoms with Gasteiger partial charge in [-0.2, -0.15) is 13.2 Å². The minimum Gasteiger partial charge on any atom is -0.444 e. The van der Waals surface area contributed by atoms with Gasteiger partial charge in [0.25, 0.3) is 0 Å². The minimum absolute atomic E-state index is 0.0893. The van der Waals surface area contributed by atoms with Gasteiger partial charge in [0.2, 0.25) is 0 Å². The van der Waals surface area contributed by atoms with Crippen molar-refractivity contribution in [3.8, 4) is 0 Å². The highest BCUT2D eigenvalue weighted by Gasteiger charge is 2.48. The first-order valence-electron chi connectivity index (χ1n) is 10.3. The summed E-state index contributed by atoms with van der Waals surface area (Å²) in [4.78, 5) is 25.8. The molecule has 35 heavy (non-hydrogen) atoms. The van der Waals surface area contributed by atoms with Crippen molar-refractivity contribution in [1.82, 2.24) is 4.90 Å². The molecule has 188 valence electrons. The van der Waals surface area contributed by atoms with Crippen LogP contribution in [0.4, 0.5) is 22.4 Å². The number of hydrogen-bond donors (Lipinski definition) is 0. The number of allylic oxidation sites excluding steroid dienone is 2. The van der Waals surface area contributed by atoms with E-state index in [2.05, 4.69) is 0 Å². The monoisotopic (exact) mass is 551 g/mol. The number of ether oxygens (including phenoxy) is 1. The van der Waals surface area contributed by atoms with E-state index in [0.717, 1.165) is 12.1 Å². The lowest BCUT2D eigenvalue weighted by Gasteiger charge is -2.44. The number of nitrogens with zero attached hydrogens (tertiary/aromatic N) is 1. The lowest BCUT2D eigenvalue weighted by atomic mass is 9.87. The molecule has 0 bridgehead atoms. The average molecular weight is 553 g/mol. The second-order valence-electron chi connectivity index (χ2n) is 9.05. The lowest BCUT2D eigenvalue weighted by molar-refractivity contribution is -0.0690. The number of hydrogen-bond acceptors (Lipinski definition) is 3. The molecule has 1 saturated heterocycles. The molecule has 4 nitrogen and oxygen atoms in total. The van der Waals surface area contributed by atoms with E-state index in [0.29, 0.717) is 6.08 Å². The Labute approximate surface area is 214 Å². The molecular formula is C24H20Cl3F4NO3. The van der Waals surface area contributed by atoms with Crippen molar-refractivity contribution in [3.05, 3.63) is 74.2 Å². The molecule has 0 atom stereocenters. The standard InChI is InChI=1S/C24H20Cl3F4NO3/c1-22(2,3)35-21(34)32-11-23(28,12-32)15-6-4-13(5-7-15)19(33)10-16(24(29,30)31)14-8-17(25)20(27)18(26)9-14/h4-10H,11-12H2,1-3H3. The number of carbonyl (C=O) groups is 2. The number of amides is 1. The summed E-state index contributed by atoms with van der Waals surface area (Å²) in [7, 11) is 0. The van der Waals surface area contributed by atoms with Crippen LogP contribution in [-0.4, -0.2) is 41.6 Å². The molecule has 1 heterocycles. The van der Waals surface area contributed by atoms with E-state index in [1.165, 1.54) is 29.2 Å². The third-order valence-electron chi connectivity index (χ3n) is 5.10. The highest BCUT2D eigenvalue weighted by Crippen LogP contribution is 2.40. The van der Waals surface area contributed by atoms with E-state index in [1.807, 2.05) is 0 Å². The lowest BCUT2D eigenvalue weighted by Crippen LogP contribution is -2.59. The van der Waals surface area contributed by atoms with Gasteiger partial charge in [-0.25, -0.2) is 9.18 Å². The van der Waals surface area contributed by atoms with Crippen molar-refractivity contribution in [3.63, 3.8) is 0 Å². The van der Waals surface area contributed by atoms with Crippen LogP contribution in [0.5, 0.6) is 0 Å². The maximum Gasteiger partial charge on any atom is 0.417 e. The number of ketones is 1. The second kappa shape index (κ2) is 9.64. The zero-order valence-electron chi connectivity index (χ0n) is 18.8. The molecular weight excluding hydrogens is 533 g/mol. The Kier molecular flexibility index (Phi) is 7.52. The highest BCUT2D eigenvalue weighted by molar-refractivity contribution is 6.48. The van der Waals surface area contributed by atoms with Gasteiger partial charge in [-0.15, -0.1) is 0 Å². The van der Waals surface area contributed by atoms with Crippen molar-refractivity contribution in [2.24, 2.45) is 0 Å². The number of halogens is 7. The molecule has 1 amide bonds. The van der Waals surface area contributed by atoms with E-state index in [1.54, 1.807) is 20.8 Å². The number of benzene rings is 2. The van der Waals surface area contributed by atoms with Crippen molar-refractivity contribution < 1.29 is 31.9 Å². The molecule has 0 radical (unpaired) electrons. The maximum absolute atomic E-state index is 15.2. The Balaban J connectivity index is 1.80. The Hall–Kier alpha value is -2.29. The van der Waals surface area contributed by atoms with E-state index < -0.39 is 40.5 Å². The van der Waals surface area contributed by atoms with E-state index in [9.17, 15) is 22.8 Å². The fourth-order valence-corrected chi connectivity index (χ4v) is 3.98. The summed E-state index contributed by atoms with van der Waals surface area (Å²) in [5.41, 5.74) is -4.18. The van der Waals surface area contributed by atoms with Crippen LogP contribution in [0.3, 0.4) is 0 Å². The molecule has 1 aliphatic rings. The molecule has 0 aliphatic carbocycles. The van der Waals surface area contributed by atoms with Gasteiger partial charge in [-0.3, -0.25) is 4.79 Å². The van der Waals surface area contributed by atoms with Crippen LogP contribution < -0.4 is 0 Å². The van der Waals surface area contributed by atoms with Gasteiger partial charge in [0, 0.05) is 5.56 Å². The van der Waals surface area contributed by atoms with Gasteiger partial charge in [0.1, 0.15) is 5.60 Å².